The molecule has 0 N–H and O–H groups in total. The fourth-order valence-corrected chi connectivity index (χ4v) is 4.96. The highest BCUT2D eigenvalue weighted by molar-refractivity contribution is 6.14. The Balaban J connectivity index is 0.000000330. The lowest BCUT2D eigenvalue weighted by Crippen LogP contribution is -1.94. The lowest BCUT2D eigenvalue weighted by molar-refractivity contribution is 1.28. The summed E-state index contributed by atoms with van der Waals surface area (Å²) in [5, 5.41) is 2.53. The van der Waals surface area contributed by atoms with Crippen molar-refractivity contribution < 1.29 is 0 Å². The summed E-state index contributed by atoms with van der Waals surface area (Å²) < 4.78 is 2.24. The summed E-state index contributed by atoms with van der Waals surface area (Å²) in [5.74, 6) is 0. The molecule has 0 aliphatic rings. The van der Waals surface area contributed by atoms with Gasteiger partial charge in [-0.25, -0.2) is 0 Å². The van der Waals surface area contributed by atoms with Crippen molar-refractivity contribution in [1.82, 2.24) is 4.57 Å². The number of rotatable bonds is 3. The number of hydrogen-bond donors (Lipinski definition) is 0. The number of aromatic nitrogens is 1. The number of nitrogens with zero attached hydrogens (tertiary/aromatic N) is 1. The molecule has 176 valence electrons. The average Bonchev–Trinajstić information content (AvgIpc) is 3.24. The summed E-state index contributed by atoms with van der Waals surface area (Å²) in [5.41, 5.74) is 11.3. The second-order valence-electron chi connectivity index (χ2n) is 9.27. The maximum Gasteiger partial charge on any atom is 0.0615 e. The van der Waals surface area contributed by atoms with Crippen LogP contribution in [0.4, 0.5) is 0 Å². The summed E-state index contributed by atoms with van der Waals surface area (Å²) in [6.45, 7) is 10.6. The summed E-state index contributed by atoms with van der Waals surface area (Å²) >= 11 is 0. The van der Waals surface area contributed by atoms with Gasteiger partial charge in [-0.1, -0.05) is 115 Å². The third kappa shape index (κ3) is 4.36. The van der Waals surface area contributed by atoms with Crippen molar-refractivity contribution in [2.75, 3.05) is 0 Å². The monoisotopic (exact) mass is 465 g/mol. The van der Waals surface area contributed by atoms with Crippen molar-refractivity contribution >= 4 is 28.0 Å². The molecule has 0 amide bonds. The van der Waals surface area contributed by atoms with Crippen molar-refractivity contribution in [3.05, 3.63) is 139 Å². The largest absolute Gasteiger partial charge is 0.316 e. The van der Waals surface area contributed by atoms with E-state index in [4.69, 9.17) is 0 Å². The van der Waals surface area contributed by atoms with Gasteiger partial charge >= 0.3 is 0 Å². The third-order valence-electron chi connectivity index (χ3n) is 6.82. The van der Waals surface area contributed by atoms with E-state index in [2.05, 4.69) is 129 Å². The molecule has 6 rings (SSSR count). The molecule has 0 saturated carbocycles. The average molecular weight is 466 g/mol. The van der Waals surface area contributed by atoms with Gasteiger partial charge in [0.15, 0.2) is 0 Å². The molecule has 1 nitrogen and oxygen atoms in total. The standard InChI is InChI=1S/C28H23N.C7H8/c1-4-29-26-13-9-8-12-23(26)24-17-15-20(3)27(28(24)29)25-18-22(16-14-19(25)2)21-10-6-5-7-11-21;1-7-5-3-2-4-6-7/h4-18H,1H2,2-3H3;2-6H,1H3. The maximum atomic E-state index is 4.12. The third-order valence-corrected chi connectivity index (χ3v) is 6.82. The van der Waals surface area contributed by atoms with Crippen molar-refractivity contribution in [2.45, 2.75) is 20.8 Å². The van der Waals surface area contributed by atoms with E-state index in [1.165, 1.54) is 60.8 Å². The van der Waals surface area contributed by atoms with Crippen LogP contribution in [0.3, 0.4) is 0 Å². The van der Waals surface area contributed by atoms with E-state index in [1.807, 2.05) is 24.4 Å². The molecule has 0 aliphatic heterocycles. The highest BCUT2D eigenvalue weighted by Crippen LogP contribution is 2.40. The Labute approximate surface area is 214 Å². The minimum atomic E-state index is 1.20. The zero-order valence-corrected chi connectivity index (χ0v) is 21.2. The van der Waals surface area contributed by atoms with Gasteiger partial charge in [0.1, 0.15) is 0 Å². The first-order chi connectivity index (χ1) is 17.6. The molecule has 0 spiro atoms. The van der Waals surface area contributed by atoms with Gasteiger partial charge in [-0.2, -0.15) is 0 Å². The van der Waals surface area contributed by atoms with Crippen LogP contribution in [0.1, 0.15) is 16.7 Å². The molecule has 0 fully saturated rings. The van der Waals surface area contributed by atoms with E-state index in [9.17, 15) is 0 Å². The lowest BCUT2D eigenvalue weighted by Gasteiger charge is -2.15. The molecule has 36 heavy (non-hydrogen) atoms. The van der Waals surface area contributed by atoms with E-state index in [-0.39, 0.29) is 0 Å². The number of benzene rings is 5. The zero-order valence-electron chi connectivity index (χ0n) is 21.2. The number of fused-ring (bicyclic) bond motifs is 3. The van der Waals surface area contributed by atoms with Crippen LogP contribution < -0.4 is 0 Å². The molecule has 0 saturated heterocycles. The van der Waals surface area contributed by atoms with Gasteiger partial charge in [-0.3, -0.25) is 0 Å². The molecule has 1 heteroatoms. The van der Waals surface area contributed by atoms with E-state index in [1.54, 1.807) is 0 Å². The van der Waals surface area contributed by atoms with Gasteiger partial charge in [0, 0.05) is 22.5 Å². The van der Waals surface area contributed by atoms with Gasteiger partial charge in [0.2, 0.25) is 0 Å². The predicted molar refractivity (Wildman–Crippen MR) is 157 cm³/mol. The van der Waals surface area contributed by atoms with Crippen LogP contribution in [0.25, 0.3) is 50.3 Å². The summed E-state index contributed by atoms with van der Waals surface area (Å²) in [6.07, 6.45) is 1.93. The van der Waals surface area contributed by atoms with Crippen molar-refractivity contribution in [2.24, 2.45) is 0 Å². The Morgan fingerprint density at radius 2 is 1.22 bits per heavy atom. The van der Waals surface area contributed by atoms with Crippen molar-refractivity contribution in [3.8, 4) is 22.3 Å². The van der Waals surface area contributed by atoms with E-state index in [0.717, 1.165) is 0 Å². The Morgan fingerprint density at radius 1 is 0.583 bits per heavy atom. The molecule has 0 bridgehead atoms. The molecule has 0 atom stereocenters. The van der Waals surface area contributed by atoms with Gasteiger partial charge in [-0.15, -0.1) is 0 Å². The van der Waals surface area contributed by atoms with Crippen LogP contribution >= 0.6 is 0 Å². The Bertz CT molecular complexity index is 1650. The normalized spacial score (nSPS) is 10.8. The van der Waals surface area contributed by atoms with Gasteiger partial charge in [0.05, 0.1) is 11.0 Å². The van der Waals surface area contributed by atoms with Crippen LogP contribution in [0, 0.1) is 20.8 Å². The summed E-state index contributed by atoms with van der Waals surface area (Å²) in [7, 11) is 0. The number of aryl methyl sites for hydroxylation is 3. The first-order valence-electron chi connectivity index (χ1n) is 12.4. The van der Waals surface area contributed by atoms with Crippen LogP contribution in [-0.2, 0) is 0 Å². The molecular weight excluding hydrogens is 434 g/mol. The van der Waals surface area contributed by atoms with Crippen LogP contribution in [-0.4, -0.2) is 4.57 Å². The van der Waals surface area contributed by atoms with E-state index >= 15 is 0 Å². The van der Waals surface area contributed by atoms with Gasteiger partial charge < -0.3 is 4.57 Å². The molecule has 0 unspecified atom stereocenters. The van der Waals surface area contributed by atoms with E-state index < -0.39 is 0 Å². The van der Waals surface area contributed by atoms with E-state index in [0.29, 0.717) is 0 Å². The smallest absolute Gasteiger partial charge is 0.0615 e. The first-order valence-corrected chi connectivity index (χ1v) is 12.4. The number of para-hydroxylation sites is 1. The fraction of sp³-hybridized carbons (Fsp3) is 0.0857. The second-order valence-corrected chi connectivity index (χ2v) is 9.27. The Hall–Kier alpha value is -4.36. The molecule has 1 heterocycles. The van der Waals surface area contributed by atoms with Gasteiger partial charge in [0.25, 0.3) is 0 Å². The molecular formula is C35H31N. The second kappa shape index (κ2) is 10.1. The molecule has 6 aromatic rings. The summed E-state index contributed by atoms with van der Waals surface area (Å²) in [6, 6.07) is 40.7. The number of hydrogen-bond acceptors (Lipinski definition) is 0. The fourth-order valence-electron chi connectivity index (χ4n) is 4.96. The maximum absolute atomic E-state index is 4.12. The molecule has 5 aromatic carbocycles. The topological polar surface area (TPSA) is 4.93 Å². The van der Waals surface area contributed by atoms with Crippen molar-refractivity contribution in [3.63, 3.8) is 0 Å². The molecule has 1 aromatic heterocycles. The summed E-state index contributed by atoms with van der Waals surface area (Å²) in [4.78, 5) is 0. The van der Waals surface area contributed by atoms with Crippen molar-refractivity contribution in [1.29, 1.82) is 0 Å². The predicted octanol–water partition coefficient (Wildman–Crippen LogP) is 9.84. The minimum absolute atomic E-state index is 1.20. The van der Waals surface area contributed by atoms with Gasteiger partial charge in [-0.05, 0) is 60.7 Å². The SMILES string of the molecule is C=Cn1c2ccccc2c2ccc(C)c(-c3cc(-c4ccccc4)ccc3C)c21.Cc1ccccc1. The Morgan fingerprint density at radius 3 is 1.89 bits per heavy atom. The van der Waals surface area contributed by atoms with Crippen LogP contribution in [0.5, 0.6) is 0 Å². The lowest BCUT2D eigenvalue weighted by atomic mass is 9.91. The highest BCUT2D eigenvalue weighted by atomic mass is 15.0. The van der Waals surface area contributed by atoms with Crippen LogP contribution in [0.2, 0.25) is 0 Å². The first kappa shape index (κ1) is 23.4. The molecule has 0 aliphatic carbocycles. The quantitative estimate of drug-likeness (QED) is 0.245. The molecule has 0 radical (unpaired) electrons. The highest BCUT2D eigenvalue weighted by Gasteiger charge is 2.17. The zero-order chi connectivity index (χ0) is 25.1. The minimum Gasteiger partial charge on any atom is -0.316 e. The Kier molecular flexibility index (Phi) is 6.56. The van der Waals surface area contributed by atoms with Crippen LogP contribution in [0.15, 0.2) is 122 Å².